The van der Waals surface area contributed by atoms with Crippen molar-refractivity contribution in [1.82, 2.24) is 5.32 Å². The minimum absolute atomic E-state index is 0.114. The summed E-state index contributed by atoms with van der Waals surface area (Å²) in [5.74, 6) is 1.38. The fraction of sp³-hybridized carbons (Fsp3) is 0.296. The molecule has 0 spiro atoms. The Morgan fingerprint density at radius 3 is 2.50 bits per heavy atom. The highest BCUT2D eigenvalue weighted by Crippen LogP contribution is 2.25. The third kappa shape index (κ3) is 5.68. The van der Waals surface area contributed by atoms with E-state index >= 15 is 0 Å². The minimum Gasteiger partial charge on any atom is -0.493 e. The van der Waals surface area contributed by atoms with Crippen LogP contribution in [0.15, 0.2) is 72.8 Å². The third-order valence-electron chi connectivity index (χ3n) is 5.49. The zero-order chi connectivity index (χ0) is 22.2. The second-order valence-electron chi connectivity index (χ2n) is 7.78. The Morgan fingerprint density at radius 1 is 1.00 bits per heavy atom. The molecule has 1 saturated heterocycles. The van der Waals surface area contributed by atoms with Crippen molar-refractivity contribution in [1.29, 1.82) is 0 Å². The molecule has 1 aliphatic rings. The zero-order valence-electron chi connectivity index (χ0n) is 18.4. The monoisotopic (exact) mass is 431 g/mol. The summed E-state index contributed by atoms with van der Waals surface area (Å²) in [6.45, 7) is 4.11. The summed E-state index contributed by atoms with van der Waals surface area (Å²) in [5, 5.41) is 2.97. The maximum atomic E-state index is 12.6. The lowest BCUT2D eigenvalue weighted by Crippen LogP contribution is -2.31. The topological polar surface area (TPSA) is 56.8 Å². The molecule has 0 aliphatic carbocycles. The van der Waals surface area contributed by atoms with Gasteiger partial charge in [-0.2, -0.15) is 0 Å². The van der Waals surface area contributed by atoms with Crippen LogP contribution in [-0.4, -0.2) is 31.8 Å². The van der Waals surface area contributed by atoms with E-state index in [9.17, 15) is 4.79 Å². The van der Waals surface area contributed by atoms with Crippen LogP contribution in [0.25, 0.3) is 11.1 Å². The van der Waals surface area contributed by atoms with Crippen LogP contribution < -0.4 is 14.8 Å². The van der Waals surface area contributed by atoms with Crippen molar-refractivity contribution in [3.05, 3.63) is 83.9 Å². The molecule has 5 nitrogen and oxygen atoms in total. The molecule has 5 heteroatoms. The molecule has 32 heavy (non-hydrogen) atoms. The summed E-state index contributed by atoms with van der Waals surface area (Å²) in [6.07, 6.45) is 2.16. The first-order chi connectivity index (χ1) is 15.7. The molecule has 0 radical (unpaired) electrons. The summed E-state index contributed by atoms with van der Waals surface area (Å²) in [6, 6.07) is 23.7. The van der Waals surface area contributed by atoms with Gasteiger partial charge < -0.3 is 19.5 Å². The number of hydrogen-bond donors (Lipinski definition) is 1. The van der Waals surface area contributed by atoms with Crippen molar-refractivity contribution in [2.24, 2.45) is 0 Å². The summed E-state index contributed by atoms with van der Waals surface area (Å²) in [7, 11) is 0. The molecule has 1 heterocycles. The molecule has 1 aliphatic heterocycles. The summed E-state index contributed by atoms with van der Waals surface area (Å²) in [4.78, 5) is 12.6. The molecule has 4 rings (SSSR count). The molecule has 0 unspecified atom stereocenters. The van der Waals surface area contributed by atoms with Gasteiger partial charge in [0.1, 0.15) is 18.1 Å². The van der Waals surface area contributed by atoms with Gasteiger partial charge in [-0.15, -0.1) is 0 Å². The van der Waals surface area contributed by atoms with E-state index in [2.05, 4.69) is 17.4 Å². The fourth-order valence-electron chi connectivity index (χ4n) is 3.78. The van der Waals surface area contributed by atoms with Crippen molar-refractivity contribution in [3.63, 3.8) is 0 Å². The van der Waals surface area contributed by atoms with Gasteiger partial charge >= 0.3 is 0 Å². The van der Waals surface area contributed by atoms with Crippen molar-refractivity contribution < 1.29 is 19.0 Å². The first kappa shape index (κ1) is 21.9. The van der Waals surface area contributed by atoms with E-state index in [1.54, 1.807) is 6.07 Å². The lowest BCUT2D eigenvalue weighted by molar-refractivity contribution is 0.0857. The van der Waals surface area contributed by atoms with E-state index in [-0.39, 0.29) is 12.0 Å². The van der Waals surface area contributed by atoms with Gasteiger partial charge in [0, 0.05) is 24.3 Å². The molecule has 1 fully saturated rings. The van der Waals surface area contributed by atoms with Crippen LogP contribution in [0, 0.1) is 0 Å². The van der Waals surface area contributed by atoms with Gasteiger partial charge in [-0.05, 0) is 61.2 Å². The van der Waals surface area contributed by atoms with Crippen LogP contribution >= 0.6 is 0 Å². The lowest BCUT2D eigenvalue weighted by atomic mass is 10.1. The average Bonchev–Trinajstić information content (AvgIpc) is 3.37. The first-order valence-electron chi connectivity index (χ1n) is 11.2. The van der Waals surface area contributed by atoms with Gasteiger partial charge in [-0.25, -0.2) is 0 Å². The summed E-state index contributed by atoms with van der Waals surface area (Å²) < 4.78 is 17.3. The molecule has 1 atom stereocenters. The van der Waals surface area contributed by atoms with Crippen LogP contribution in [0.2, 0.25) is 0 Å². The normalized spacial score (nSPS) is 15.3. The summed E-state index contributed by atoms with van der Waals surface area (Å²) >= 11 is 0. The number of rotatable bonds is 9. The standard InChI is InChI=1S/C27H29NO4/c1-2-30-26-15-12-22(27(29)28-18-25-9-6-16-31-25)17-23(26)19-32-24-13-10-21(11-14-24)20-7-4-3-5-8-20/h3-5,7-8,10-15,17,25H,2,6,9,16,18-19H2,1H3,(H,28,29)/t25-/m1/s1. The number of ether oxygens (including phenoxy) is 3. The molecule has 166 valence electrons. The van der Waals surface area contributed by atoms with Crippen LogP contribution in [0.4, 0.5) is 0 Å². The van der Waals surface area contributed by atoms with Crippen molar-refractivity contribution >= 4 is 5.91 Å². The first-order valence-corrected chi connectivity index (χ1v) is 11.2. The van der Waals surface area contributed by atoms with E-state index in [1.807, 2.05) is 61.5 Å². The Hall–Kier alpha value is -3.31. The highest BCUT2D eigenvalue weighted by Gasteiger charge is 2.17. The van der Waals surface area contributed by atoms with E-state index in [4.69, 9.17) is 14.2 Å². The molecular weight excluding hydrogens is 402 g/mol. The Morgan fingerprint density at radius 2 is 1.78 bits per heavy atom. The maximum absolute atomic E-state index is 12.6. The predicted octanol–water partition coefficient (Wildman–Crippen LogP) is 5.24. The van der Waals surface area contributed by atoms with Crippen LogP contribution in [0.1, 0.15) is 35.7 Å². The number of carbonyl (C=O) groups is 1. The van der Waals surface area contributed by atoms with Gasteiger partial charge in [0.15, 0.2) is 0 Å². The van der Waals surface area contributed by atoms with E-state index in [0.717, 1.165) is 42.1 Å². The second-order valence-corrected chi connectivity index (χ2v) is 7.78. The number of carbonyl (C=O) groups excluding carboxylic acids is 1. The highest BCUT2D eigenvalue weighted by molar-refractivity contribution is 5.94. The van der Waals surface area contributed by atoms with Crippen LogP contribution in [0.5, 0.6) is 11.5 Å². The molecule has 0 aromatic heterocycles. The molecule has 0 saturated carbocycles. The minimum atomic E-state index is -0.114. The predicted molar refractivity (Wildman–Crippen MR) is 125 cm³/mol. The molecular formula is C27H29NO4. The number of nitrogens with one attached hydrogen (secondary N) is 1. The largest absolute Gasteiger partial charge is 0.493 e. The van der Waals surface area contributed by atoms with E-state index in [0.29, 0.717) is 25.3 Å². The zero-order valence-corrected chi connectivity index (χ0v) is 18.4. The second kappa shape index (κ2) is 10.8. The molecule has 1 N–H and O–H groups in total. The highest BCUT2D eigenvalue weighted by atomic mass is 16.5. The van der Waals surface area contributed by atoms with Crippen molar-refractivity contribution in [3.8, 4) is 22.6 Å². The third-order valence-corrected chi connectivity index (χ3v) is 5.49. The number of benzene rings is 3. The molecule has 3 aromatic carbocycles. The quantitative estimate of drug-likeness (QED) is 0.503. The maximum Gasteiger partial charge on any atom is 0.251 e. The van der Waals surface area contributed by atoms with Gasteiger partial charge in [0.25, 0.3) is 5.91 Å². The van der Waals surface area contributed by atoms with E-state index in [1.165, 1.54) is 5.56 Å². The number of hydrogen-bond acceptors (Lipinski definition) is 4. The van der Waals surface area contributed by atoms with Crippen molar-refractivity contribution in [2.75, 3.05) is 19.8 Å². The van der Waals surface area contributed by atoms with Crippen LogP contribution in [-0.2, 0) is 11.3 Å². The molecule has 0 bridgehead atoms. The van der Waals surface area contributed by atoms with Gasteiger partial charge in [-0.1, -0.05) is 42.5 Å². The van der Waals surface area contributed by atoms with Gasteiger partial charge in [-0.3, -0.25) is 4.79 Å². The summed E-state index contributed by atoms with van der Waals surface area (Å²) in [5.41, 5.74) is 3.73. The smallest absolute Gasteiger partial charge is 0.251 e. The van der Waals surface area contributed by atoms with E-state index < -0.39 is 0 Å². The Labute approximate surface area is 189 Å². The molecule has 1 amide bonds. The lowest BCUT2D eigenvalue weighted by Gasteiger charge is -2.15. The fourth-order valence-corrected chi connectivity index (χ4v) is 3.78. The average molecular weight is 432 g/mol. The Bertz CT molecular complexity index is 1010. The van der Waals surface area contributed by atoms with Crippen LogP contribution in [0.3, 0.4) is 0 Å². The van der Waals surface area contributed by atoms with Gasteiger partial charge in [0.2, 0.25) is 0 Å². The number of amides is 1. The van der Waals surface area contributed by atoms with Gasteiger partial charge in [0.05, 0.1) is 12.7 Å². The molecule has 3 aromatic rings. The van der Waals surface area contributed by atoms with Crippen molar-refractivity contribution in [2.45, 2.75) is 32.5 Å². The Kier molecular flexibility index (Phi) is 7.41. The Balaban J connectivity index is 1.41. The SMILES string of the molecule is CCOc1ccc(C(=O)NC[C@H]2CCCO2)cc1COc1ccc(-c2ccccc2)cc1.